The van der Waals surface area contributed by atoms with Crippen molar-refractivity contribution in [3.05, 3.63) is 69.2 Å². The second kappa shape index (κ2) is 8.55. The Labute approximate surface area is 187 Å². The number of rotatable bonds is 4. The average Bonchev–Trinajstić information content (AvgIpc) is 2.68. The number of fused-ring (bicyclic) bond motifs is 1. The standard InChI is InChI=1S/C24H23Cl2N3O/c1-5-29-22-9-6-16(11-19(22)15(2)13-24(29,3)4)10-17(14-27)23(30)28-21-8-7-18(25)12-20(21)26/h6-13H,5H2,1-4H3,(H,28,30)/b17-10-. The third-order valence-electron chi connectivity index (χ3n) is 5.17. The average molecular weight is 440 g/mol. The summed E-state index contributed by atoms with van der Waals surface area (Å²) in [5.41, 5.74) is 4.53. The molecule has 30 heavy (non-hydrogen) atoms. The molecule has 2 aromatic carbocycles. The van der Waals surface area contributed by atoms with Crippen LogP contribution in [0.1, 0.15) is 38.8 Å². The van der Waals surface area contributed by atoms with Gasteiger partial charge in [0.1, 0.15) is 11.6 Å². The summed E-state index contributed by atoms with van der Waals surface area (Å²) in [6.45, 7) is 9.48. The summed E-state index contributed by atoms with van der Waals surface area (Å²) in [6.07, 6.45) is 3.83. The maximum atomic E-state index is 12.6. The van der Waals surface area contributed by atoms with Crippen molar-refractivity contribution in [2.24, 2.45) is 0 Å². The maximum Gasteiger partial charge on any atom is 0.266 e. The van der Waals surface area contributed by atoms with Crippen molar-refractivity contribution in [3.8, 4) is 6.07 Å². The lowest BCUT2D eigenvalue weighted by Crippen LogP contribution is -2.44. The second-order valence-electron chi connectivity index (χ2n) is 7.75. The Hall–Kier alpha value is -2.74. The summed E-state index contributed by atoms with van der Waals surface area (Å²) in [5.74, 6) is -0.525. The number of nitriles is 1. The van der Waals surface area contributed by atoms with Gasteiger partial charge >= 0.3 is 0 Å². The molecule has 0 bridgehead atoms. The van der Waals surface area contributed by atoms with E-state index in [0.717, 1.165) is 23.4 Å². The van der Waals surface area contributed by atoms with Gasteiger partial charge in [0.2, 0.25) is 0 Å². The van der Waals surface area contributed by atoms with Crippen LogP contribution in [0.3, 0.4) is 0 Å². The van der Waals surface area contributed by atoms with Crippen molar-refractivity contribution < 1.29 is 4.79 Å². The van der Waals surface area contributed by atoms with E-state index >= 15 is 0 Å². The number of likely N-dealkylation sites (N-methyl/N-ethyl adjacent to an activating group) is 1. The molecule has 0 aliphatic carbocycles. The van der Waals surface area contributed by atoms with Gasteiger partial charge in [-0.2, -0.15) is 5.26 Å². The van der Waals surface area contributed by atoms with Crippen LogP contribution in [0.5, 0.6) is 0 Å². The van der Waals surface area contributed by atoms with E-state index < -0.39 is 5.91 Å². The van der Waals surface area contributed by atoms with Gasteiger partial charge in [0.15, 0.2) is 0 Å². The number of carbonyl (C=O) groups excluding carboxylic acids is 1. The number of amides is 1. The summed E-state index contributed by atoms with van der Waals surface area (Å²) in [7, 11) is 0. The molecule has 4 nitrogen and oxygen atoms in total. The van der Waals surface area contributed by atoms with Gasteiger partial charge in [-0.1, -0.05) is 35.3 Å². The quantitative estimate of drug-likeness (QED) is 0.433. The molecule has 0 saturated carbocycles. The Bertz CT molecular complexity index is 1110. The fourth-order valence-corrected chi connectivity index (χ4v) is 4.32. The first kappa shape index (κ1) is 22.0. The van der Waals surface area contributed by atoms with Crippen molar-refractivity contribution in [2.75, 3.05) is 16.8 Å². The van der Waals surface area contributed by atoms with Crippen LogP contribution in [0.2, 0.25) is 10.0 Å². The van der Waals surface area contributed by atoms with E-state index in [2.05, 4.69) is 44.0 Å². The van der Waals surface area contributed by atoms with Gasteiger partial charge in [0, 0.05) is 22.8 Å². The minimum absolute atomic E-state index is 0.00825. The molecule has 1 aliphatic heterocycles. The van der Waals surface area contributed by atoms with E-state index in [0.29, 0.717) is 15.7 Å². The number of anilines is 2. The maximum absolute atomic E-state index is 12.6. The smallest absolute Gasteiger partial charge is 0.266 e. The number of carbonyl (C=O) groups is 1. The van der Waals surface area contributed by atoms with Crippen LogP contribution in [0.15, 0.2) is 48.0 Å². The molecule has 0 saturated heterocycles. The van der Waals surface area contributed by atoms with E-state index in [-0.39, 0.29) is 11.1 Å². The van der Waals surface area contributed by atoms with Gasteiger partial charge < -0.3 is 10.2 Å². The monoisotopic (exact) mass is 439 g/mol. The number of hydrogen-bond acceptors (Lipinski definition) is 3. The van der Waals surface area contributed by atoms with Gasteiger partial charge in [0.05, 0.1) is 16.2 Å². The molecular weight excluding hydrogens is 417 g/mol. The topological polar surface area (TPSA) is 56.1 Å². The normalized spacial score (nSPS) is 15.2. The van der Waals surface area contributed by atoms with Crippen molar-refractivity contribution in [3.63, 3.8) is 0 Å². The summed E-state index contributed by atoms with van der Waals surface area (Å²) in [6, 6.07) is 12.7. The van der Waals surface area contributed by atoms with Gasteiger partial charge in [-0.25, -0.2) is 0 Å². The third kappa shape index (κ3) is 4.38. The van der Waals surface area contributed by atoms with Crippen LogP contribution in [-0.4, -0.2) is 18.0 Å². The van der Waals surface area contributed by atoms with E-state index in [1.54, 1.807) is 18.2 Å². The van der Waals surface area contributed by atoms with Crippen LogP contribution in [-0.2, 0) is 4.79 Å². The predicted octanol–water partition coefficient (Wildman–Crippen LogP) is 6.56. The predicted molar refractivity (Wildman–Crippen MR) is 126 cm³/mol. The van der Waals surface area contributed by atoms with Crippen molar-refractivity contribution in [1.29, 1.82) is 5.26 Å². The fraction of sp³-hybridized carbons (Fsp3) is 0.250. The minimum Gasteiger partial charge on any atom is -0.363 e. The number of allylic oxidation sites excluding steroid dienone is 1. The van der Waals surface area contributed by atoms with E-state index in [1.165, 1.54) is 11.6 Å². The zero-order valence-corrected chi connectivity index (χ0v) is 18.9. The highest BCUT2D eigenvalue weighted by molar-refractivity contribution is 6.36. The van der Waals surface area contributed by atoms with Gasteiger partial charge in [-0.3, -0.25) is 4.79 Å². The van der Waals surface area contributed by atoms with E-state index in [1.807, 2.05) is 24.3 Å². The van der Waals surface area contributed by atoms with E-state index in [9.17, 15) is 10.1 Å². The minimum atomic E-state index is -0.525. The number of halogens is 2. The highest BCUT2D eigenvalue weighted by Crippen LogP contribution is 2.39. The zero-order valence-electron chi connectivity index (χ0n) is 17.4. The van der Waals surface area contributed by atoms with Crippen molar-refractivity contribution in [2.45, 2.75) is 33.2 Å². The molecule has 1 heterocycles. The first-order valence-electron chi connectivity index (χ1n) is 9.66. The largest absolute Gasteiger partial charge is 0.363 e. The first-order chi connectivity index (χ1) is 14.2. The molecule has 0 radical (unpaired) electrons. The third-order valence-corrected chi connectivity index (χ3v) is 5.72. The molecule has 0 fully saturated rings. The molecule has 3 rings (SSSR count). The summed E-state index contributed by atoms with van der Waals surface area (Å²) in [5, 5.41) is 13.0. The molecular formula is C24H23Cl2N3O. The number of hydrogen-bond donors (Lipinski definition) is 1. The van der Waals surface area contributed by atoms with Crippen LogP contribution >= 0.6 is 23.2 Å². The number of nitrogens with one attached hydrogen (secondary N) is 1. The SMILES string of the molecule is CCN1c2ccc(/C=C(/C#N)C(=O)Nc3ccc(Cl)cc3Cl)cc2C(C)=CC1(C)C. The van der Waals surface area contributed by atoms with Gasteiger partial charge in [-0.05, 0) is 75.2 Å². The van der Waals surface area contributed by atoms with Crippen LogP contribution < -0.4 is 10.2 Å². The Kier molecular flexibility index (Phi) is 6.26. The molecule has 0 atom stereocenters. The highest BCUT2D eigenvalue weighted by atomic mass is 35.5. The van der Waals surface area contributed by atoms with E-state index in [4.69, 9.17) is 23.2 Å². The number of nitrogens with zero attached hydrogens (tertiary/aromatic N) is 2. The first-order valence-corrected chi connectivity index (χ1v) is 10.4. The van der Waals surface area contributed by atoms with Crippen molar-refractivity contribution in [1.82, 2.24) is 0 Å². The zero-order chi connectivity index (χ0) is 22.1. The van der Waals surface area contributed by atoms with Crippen LogP contribution in [0, 0.1) is 11.3 Å². The second-order valence-corrected chi connectivity index (χ2v) is 8.59. The molecule has 0 spiro atoms. The fourth-order valence-electron chi connectivity index (χ4n) is 3.86. The van der Waals surface area contributed by atoms with Crippen molar-refractivity contribution >= 4 is 52.1 Å². The highest BCUT2D eigenvalue weighted by Gasteiger charge is 2.30. The van der Waals surface area contributed by atoms with Gasteiger partial charge in [0.25, 0.3) is 5.91 Å². The molecule has 0 unspecified atom stereocenters. The lowest BCUT2D eigenvalue weighted by molar-refractivity contribution is -0.112. The Balaban J connectivity index is 1.93. The van der Waals surface area contributed by atoms with Crippen LogP contribution in [0.25, 0.3) is 11.6 Å². The summed E-state index contributed by atoms with van der Waals surface area (Å²) in [4.78, 5) is 14.9. The molecule has 2 aromatic rings. The molecule has 1 amide bonds. The summed E-state index contributed by atoms with van der Waals surface area (Å²) >= 11 is 12.0. The molecule has 0 aromatic heterocycles. The Morgan fingerprint density at radius 2 is 1.97 bits per heavy atom. The Morgan fingerprint density at radius 1 is 1.23 bits per heavy atom. The molecule has 1 aliphatic rings. The molecule has 154 valence electrons. The molecule has 1 N–H and O–H groups in total. The summed E-state index contributed by atoms with van der Waals surface area (Å²) < 4.78 is 0. The number of benzene rings is 2. The van der Waals surface area contributed by atoms with Crippen LogP contribution in [0.4, 0.5) is 11.4 Å². The van der Waals surface area contributed by atoms with Gasteiger partial charge in [-0.15, -0.1) is 0 Å². The lowest BCUT2D eigenvalue weighted by atomic mass is 9.88. The molecule has 6 heteroatoms. The Morgan fingerprint density at radius 3 is 2.60 bits per heavy atom. The lowest BCUT2D eigenvalue weighted by Gasteiger charge is -2.42.